The van der Waals surface area contributed by atoms with Crippen molar-refractivity contribution in [2.75, 3.05) is 13.1 Å². The van der Waals surface area contributed by atoms with Crippen LogP contribution in [0.15, 0.2) is 24.3 Å². The third kappa shape index (κ3) is 1.82. The fourth-order valence-electron chi connectivity index (χ4n) is 3.54. The number of hydrogen-bond donors (Lipinski definition) is 0. The molecule has 0 radical (unpaired) electrons. The summed E-state index contributed by atoms with van der Waals surface area (Å²) < 4.78 is 0. The molecule has 1 aromatic rings. The molecule has 1 saturated heterocycles. The van der Waals surface area contributed by atoms with Crippen molar-refractivity contribution in [2.24, 2.45) is 5.41 Å². The van der Waals surface area contributed by atoms with E-state index in [9.17, 15) is 10.5 Å². The summed E-state index contributed by atoms with van der Waals surface area (Å²) in [5.74, 6) is 0. The minimum atomic E-state index is -0.902. The van der Waals surface area contributed by atoms with Crippen LogP contribution in [-0.4, -0.2) is 18.0 Å². The molecule has 1 aliphatic carbocycles. The molecule has 0 N–H and O–H groups in total. The lowest BCUT2D eigenvalue weighted by Gasteiger charge is -2.37. The summed E-state index contributed by atoms with van der Waals surface area (Å²) >= 11 is 0. The first-order valence-electron chi connectivity index (χ1n) is 6.95. The van der Waals surface area contributed by atoms with Crippen molar-refractivity contribution < 1.29 is 0 Å². The smallest absolute Gasteiger partial charge is 0.167 e. The fraction of sp³-hybridized carbons (Fsp3) is 0.500. The Balaban J connectivity index is 2.06. The molecule has 3 heteroatoms. The second-order valence-corrected chi connectivity index (χ2v) is 5.57. The average Bonchev–Trinajstić information content (AvgIpc) is 2.83. The number of piperidine rings is 1. The second kappa shape index (κ2) is 4.68. The van der Waals surface area contributed by atoms with Crippen LogP contribution in [-0.2, 0) is 6.42 Å². The van der Waals surface area contributed by atoms with Crippen LogP contribution in [0.5, 0.6) is 0 Å². The number of fused-ring (bicyclic) bond motifs is 1. The van der Waals surface area contributed by atoms with Crippen LogP contribution < -0.4 is 0 Å². The number of hydrogen-bond acceptors (Lipinski definition) is 3. The summed E-state index contributed by atoms with van der Waals surface area (Å²) in [5.41, 5.74) is 1.45. The molecule has 0 spiro atoms. The van der Waals surface area contributed by atoms with Gasteiger partial charge in [-0.2, -0.15) is 10.5 Å². The van der Waals surface area contributed by atoms with E-state index in [-0.39, 0.29) is 6.04 Å². The van der Waals surface area contributed by atoms with Gasteiger partial charge in [-0.15, -0.1) is 0 Å². The Hall–Kier alpha value is -1.84. The van der Waals surface area contributed by atoms with E-state index in [4.69, 9.17) is 0 Å². The average molecular weight is 251 g/mol. The van der Waals surface area contributed by atoms with Gasteiger partial charge in [0, 0.05) is 6.42 Å². The molecule has 1 fully saturated rings. The van der Waals surface area contributed by atoms with Crippen LogP contribution in [0.2, 0.25) is 0 Å². The SMILES string of the molecule is N#CC1(C#N)Cc2ccccc2C1N1CCCCC1. The lowest BCUT2D eigenvalue weighted by atomic mass is 9.82. The zero-order valence-corrected chi connectivity index (χ0v) is 11.0. The van der Waals surface area contributed by atoms with Crippen LogP contribution in [0.4, 0.5) is 0 Å². The molecule has 1 atom stereocenters. The molecule has 1 aliphatic heterocycles. The number of nitriles is 2. The molecule has 1 heterocycles. The van der Waals surface area contributed by atoms with Gasteiger partial charge in [-0.3, -0.25) is 4.90 Å². The Labute approximate surface area is 114 Å². The zero-order chi connectivity index (χ0) is 13.3. The first kappa shape index (κ1) is 12.2. The lowest BCUT2D eigenvalue weighted by Crippen LogP contribution is -2.40. The number of nitrogens with zero attached hydrogens (tertiary/aromatic N) is 3. The molecule has 3 rings (SSSR count). The predicted octanol–water partition coefficient (Wildman–Crippen LogP) is 2.80. The van der Waals surface area contributed by atoms with Crippen molar-refractivity contribution in [2.45, 2.75) is 31.7 Å². The normalized spacial score (nSPS) is 25.3. The van der Waals surface area contributed by atoms with Crippen molar-refractivity contribution >= 4 is 0 Å². The van der Waals surface area contributed by atoms with Crippen molar-refractivity contribution in [1.29, 1.82) is 10.5 Å². The van der Waals surface area contributed by atoms with Gasteiger partial charge in [0.2, 0.25) is 0 Å². The Morgan fingerprint density at radius 3 is 2.42 bits per heavy atom. The number of benzene rings is 1. The van der Waals surface area contributed by atoms with E-state index in [1.807, 2.05) is 12.1 Å². The van der Waals surface area contributed by atoms with Gasteiger partial charge in [0.15, 0.2) is 5.41 Å². The third-order valence-corrected chi connectivity index (χ3v) is 4.44. The van der Waals surface area contributed by atoms with Crippen LogP contribution in [0.25, 0.3) is 0 Å². The third-order valence-electron chi connectivity index (χ3n) is 4.44. The number of likely N-dealkylation sites (tertiary alicyclic amines) is 1. The maximum absolute atomic E-state index is 9.59. The fourth-order valence-corrected chi connectivity index (χ4v) is 3.54. The van der Waals surface area contributed by atoms with E-state index < -0.39 is 5.41 Å². The maximum atomic E-state index is 9.59. The second-order valence-electron chi connectivity index (χ2n) is 5.57. The van der Waals surface area contributed by atoms with Crippen LogP contribution in [0, 0.1) is 28.1 Å². The first-order valence-corrected chi connectivity index (χ1v) is 6.95. The van der Waals surface area contributed by atoms with Crippen molar-refractivity contribution in [1.82, 2.24) is 4.90 Å². The summed E-state index contributed by atoms with van der Waals surface area (Å²) in [6.07, 6.45) is 4.17. The summed E-state index contributed by atoms with van der Waals surface area (Å²) in [6.45, 7) is 2.01. The van der Waals surface area contributed by atoms with Crippen LogP contribution in [0.1, 0.15) is 36.4 Å². The monoisotopic (exact) mass is 251 g/mol. The van der Waals surface area contributed by atoms with Gasteiger partial charge >= 0.3 is 0 Å². The minimum absolute atomic E-state index is 0.0426. The Kier molecular flexibility index (Phi) is 3.01. The van der Waals surface area contributed by atoms with Gasteiger partial charge in [-0.1, -0.05) is 30.7 Å². The zero-order valence-electron chi connectivity index (χ0n) is 11.0. The standard InChI is InChI=1S/C16H17N3/c17-11-16(12-18)10-13-6-2-3-7-14(13)15(16)19-8-4-1-5-9-19/h2-3,6-7,15H,1,4-5,8-10H2. The van der Waals surface area contributed by atoms with Gasteiger partial charge in [0.25, 0.3) is 0 Å². The first-order chi connectivity index (χ1) is 9.30. The highest BCUT2D eigenvalue weighted by Crippen LogP contribution is 2.49. The summed E-state index contributed by atoms with van der Waals surface area (Å²) in [6, 6.07) is 12.8. The van der Waals surface area contributed by atoms with Crippen molar-refractivity contribution in [3.63, 3.8) is 0 Å². The molecule has 0 bridgehead atoms. The quantitative estimate of drug-likeness (QED) is 0.771. The van der Waals surface area contributed by atoms with Gasteiger partial charge in [0.05, 0.1) is 18.2 Å². The van der Waals surface area contributed by atoms with E-state index in [1.54, 1.807) is 0 Å². The van der Waals surface area contributed by atoms with Crippen LogP contribution in [0.3, 0.4) is 0 Å². The Morgan fingerprint density at radius 2 is 1.74 bits per heavy atom. The van der Waals surface area contributed by atoms with Gasteiger partial charge in [-0.25, -0.2) is 0 Å². The summed E-state index contributed by atoms with van der Waals surface area (Å²) in [7, 11) is 0. The van der Waals surface area contributed by atoms with E-state index in [0.717, 1.165) is 13.1 Å². The van der Waals surface area contributed by atoms with Gasteiger partial charge < -0.3 is 0 Å². The van der Waals surface area contributed by atoms with E-state index in [0.29, 0.717) is 6.42 Å². The molecule has 0 saturated carbocycles. The molecule has 0 aromatic heterocycles. The van der Waals surface area contributed by atoms with Crippen molar-refractivity contribution in [3.05, 3.63) is 35.4 Å². The van der Waals surface area contributed by atoms with E-state index in [1.165, 1.54) is 30.4 Å². The highest BCUT2D eigenvalue weighted by Gasteiger charge is 2.50. The van der Waals surface area contributed by atoms with Crippen LogP contribution >= 0.6 is 0 Å². The highest BCUT2D eigenvalue weighted by molar-refractivity contribution is 5.44. The molecule has 1 aromatic carbocycles. The highest BCUT2D eigenvalue weighted by atomic mass is 15.2. The summed E-state index contributed by atoms with van der Waals surface area (Å²) in [5, 5.41) is 19.2. The molecule has 3 nitrogen and oxygen atoms in total. The van der Waals surface area contributed by atoms with Gasteiger partial charge in [-0.05, 0) is 37.1 Å². The number of rotatable bonds is 1. The molecule has 1 unspecified atom stereocenters. The van der Waals surface area contributed by atoms with Crippen molar-refractivity contribution in [3.8, 4) is 12.1 Å². The Morgan fingerprint density at radius 1 is 1.05 bits per heavy atom. The molecule has 19 heavy (non-hydrogen) atoms. The molecular weight excluding hydrogens is 234 g/mol. The minimum Gasteiger partial charge on any atom is -0.294 e. The maximum Gasteiger partial charge on any atom is 0.167 e. The van der Waals surface area contributed by atoms with Gasteiger partial charge in [0.1, 0.15) is 0 Å². The Bertz CT molecular complexity index is 544. The lowest BCUT2D eigenvalue weighted by molar-refractivity contribution is 0.119. The van der Waals surface area contributed by atoms with E-state index >= 15 is 0 Å². The summed E-state index contributed by atoms with van der Waals surface area (Å²) in [4.78, 5) is 2.35. The topological polar surface area (TPSA) is 50.8 Å². The molecular formula is C16H17N3. The molecule has 96 valence electrons. The molecule has 2 aliphatic rings. The van der Waals surface area contributed by atoms with E-state index in [2.05, 4.69) is 29.2 Å². The largest absolute Gasteiger partial charge is 0.294 e. The predicted molar refractivity (Wildman–Crippen MR) is 72.0 cm³/mol. The molecule has 0 amide bonds.